The maximum absolute atomic E-state index is 12.6. The molecule has 1 aliphatic heterocycles. The van der Waals surface area contributed by atoms with Crippen LogP contribution in [0.2, 0.25) is 0 Å². The number of thioether (sulfide) groups is 1. The van der Waals surface area contributed by atoms with Crippen LogP contribution in [0.3, 0.4) is 0 Å². The second-order valence-electron chi connectivity index (χ2n) is 5.06. The number of nitrogens with two attached hydrogens (primary N) is 1. The standard InChI is InChI=1S/C14H22N4OS/c1-3-4-11-7-10(8-13(16-11)17-15)14(19)18(2)12-5-6-20-9-12/h7-8,12H,3-6,9,15H2,1-2H3,(H,16,17). The van der Waals surface area contributed by atoms with E-state index < -0.39 is 0 Å². The van der Waals surface area contributed by atoms with E-state index in [1.807, 2.05) is 29.8 Å². The first-order chi connectivity index (χ1) is 9.65. The molecule has 1 fully saturated rings. The maximum Gasteiger partial charge on any atom is 0.254 e. The molecule has 1 aliphatic rings. The van der Waals surface area contributed by atoms with Crippen LogP contribution in [0.1, 0.15) is 35.8 Å². The van der Waals surface area contributed by atoms with Gasteiger partial charge in [-0.1, -0.05) is 13.3 Å². The van der Waals surface area contributed by atoms with Gasteiger partial charge in [0.15, 0.2) is 0 Å². The van der Waals surface area contributed by atoms with Gasteiger partial charge in [0.25, 0.3) is 5.91 Å². The molecule has 110 valence electrons. The fourth-order valence-corrected chi connectivity index (χ4v) is 3.63. The van der Waals surface area contributed by atoms with E-state index in [2.05, 4.69) is 17.3 Å². The predicted octanol–water partition coefficient (Wildman–Crippen LogP) is 1.90. The van der Waals surface area contributed by atoms with Crippen LogP contribution < -0.4 is 11.3 Å². The van der Waals surface area contributed by atoms with Gasteiger partial charge in [-0.05, 0) is 30.7 Å². The fraction of sp³-hybridized carbons (Fsp3) is 0.571. The van der Waals surface area contributed by atoms with Gasteiger partial charge < -0.3 is 10.3 Å². The number of nitrogens with zero attached hydrogens (tertiary/aromatic N) is 2. The van der Waals surface area contributed by atoms with E-state index in [0.29, 0.717) is 17.4 Å². The number of hydrogen-bond acceptors (Lipinski definition) is 5. The lowest BCUT2D eigenvalue weighted by Crippen LogP contribution is -2.37. The van der Waals surface area contributed by atoms with E-state index in [0.717, 1.165) is 36.5 Å². The van der Waals surface area contributed by atoms with Crippen molar-refractivity contribution < 1.29 is 4.79 Å². The van der Waals surface area contributed by atoms with Gasteiger partial charge in [0.05, 0.1) is 0 Å². The maximum atomic E-state index is 12.6. The summed E-state index contributed by atoms with van der Waals surface area (Å²) in [5.74, 6) is 8.20. The monoisotopic (exact) mass is 294 g/mol. The van der Waals surface area contributed by atoms with Crippen molar-refractivity contribution in [2.75, 3.05) is 24.0 Å². The molecule has 20 heavy (non-hydrogen) atoms. The van der Waals surface area contributed by atoms with Gasteiger partial charge in [-0.2, -0.15) is 11.8 Å². The zero-order valence-electron chi connectivity index (χ0n) is 12.1. The molecule has 1 saturated heterocycles. The summed E-state index contributed by atoms with van der Waals surface area (Å²) in [6.07, 6.45) is 2.91. The Morgan fingerprint density at radius 2 is 2.40 bits per heavy atom. The van der Waals surface area contributed by atoms with Crippen LogP contribution in [0.25, 0.3) is 0 Å². The van der Waals surface area contributed by atoms with Gasteiger partial charge in [0.1, 0.15) is 5.82 Å². The number of pyridine rings is 1. The second-order valence-corrected chi connectivity index (χ2v) is 6.21. The highest BCUT2D eigenvalue weighted by Gasteiger charge is 2.25. The SMILES string of the molecule is CCCc1cc(C(=O)N(C)C2CCSC2)cc(NN)n1. The second kappa shape index (κ2) is 6.95. The molecule has 3 N–H and O–H groups in total. The van der Waals surface area contributed by atoms with Crippen molar-refractivity contribution in [3.8, 4) is 0 Å². The Balaban J connectivity index is 2.21. The Bertz CT molecular complexity index is 474. The van der Waals surface area contributed by atoms with E-state index in [1.165, 1.54) is 0 Å². The number of hydrazine groups is 1. The average molecular weight is 294 g/mol. The molecule has 0 aromatic carbocycles. The van der Waals surface area contributed by atoms with Crippen molar-refractivity contribution in [3.63, 3.8) is 0 Å². The van der Waals surface area contributed by atoms with Gasteiger partial charge >= 0.3 is 0 Å². The molecule has 2 heterocycles. The van der Waals surface area contributed by atoms with Gasteiger partial charge in [-0.15, -0.1) is 0 Å². The molecule has 0 spiro atoms. The number of amides is 1. The number of carbonyl (C=O) groups excluding carboxylic acids is 1. The molecular formula is C14H22N4OS. The van der Waals surface area contributed by atoms with E-state index in [4.69, 9.17) is 5.84 Å². The molecule has 1 unspecified atom stereocenters. The number of rotatable bonds is 5. The van der Waals surface area contributed by atoms with Gasteiger partial charge in [-0.25, -0.2) is 10.8 Å². The molecule has 1 aromatic heterocycles. The summed E-state index contributed by atoms with van der Waals surface area (Å²) in [7, 11) is 1.88. The van der Waals surface area contributed by atoms with Crippen LogP contribution in [0, 0.1) is 0 Å². The molecule has 1 aromatic rings. The highest BCUT2D eigenvalue weighted by atomic mass is 32.2. The summed E-state index contributed by atoms with van der Waals surface area (Å²) in [4.78, 5) is 18.8. The van der Waals surface area contributed by atoms with Crippen LogP contribution in [0.5, 0.6) is 0 Å². The summed E-state index contributed by atoms with van der Waals surface area (Å²) in [6, 6.07) is 3.94. The van der Waals surface area contributed by atoms with Crippen molar-refractivity contribution >= 4 is 23.5 Å². The normalized spacial score (nSPS) is 18.1. The summed E-state index contributed by atoms with van der Waals surface area (Å²) in [6.45, 7) is 2.09. The third kappa shape index (κ3) is 3.43. The third-order valence-corrected chi connectivity index (χ3v) is 4.70. The molecule has 2 rings (SSSR count). The third-order valence-electron chi connectivity index (χ3n) is 3.55. The Kier molecular flexibility index (Phi) is 5.25. The number of aromatic nitrogens is 1. The molecular weight excluding hydrogens is 272 g/mol. The minimum Gasteiger partial charge on any atom is -0.338 e. The van der Waals surface area contributed by atoms with E-state index in [-0.39, 0.29) is 5.91 Å². The Labute approximate surface area is 124 Å². The lowest BCUT2D eigenvalue weighted by molar-refractivity contribution is 0.0747. The van der Waals surface area contributed by atoms with Crippen LogP contribution in [-0.4, -0.2) is 40.4 Å². The fourth-order valence-electron chi connectivity index (χ4n) is 2.37. The first-order valence-electron chi connectivity index (χ1n) is 6.98. The smallest absolute Gasteiger partial charge is 0.254 e. The summed E-state index contributed by atoms with van der Waals surface area (Å²) in [5, 5.41) is 0. The minimum absolute atomic E-state index is 0.0498. The van der Waals surface area contributed by atoms with Crippen LogP contribution in [0.15, 0.2) is 12.1 Å². The number of aryl methyl sites for hydroxylation is 1. The van der Waals surface area contributed by atoms with Crippen molar-refractivity contribution in [2.24, 2.45) is 5.84 Å². The topological polar surface area (TPSA) is 71.2 Å². The number of carbonyl (C=O) groups is 1. The first kappa shape index (κ1) is 15.1. The quantitative estimate of drug-likeness (QED) is 0.641. The molecule has 0 aliphatic carbocycles. The van der Waals surface area contributed by atoms with Gasteiger partial charge in [-0.3, -0.25) is 4.79 Å². The van der Waals surface area contributed by atoms with E-state index in [1.54, 1.807) is 6.07 Å². The highest BCUT2D eigenvalue weighted by Crippen LogP contribution is 2.23. The largest absolute Gasteiger partial charge is 0.338 e. The zero-order chi connectivity index (χ0) is 14.5. The van der Waals surface area contributed by atoms with Crippen molar-refractivity contribution in [3.05, 3.63) is 23.4 Å². The molecule has 1 amide bonds. The lowest BCUT2D eigenvalue weighted by Gasteiger charge is -2.24. The minimum atomic E-state index is 0.0498. The summed E-state index contributed by atoms with van der Waals surface area (Å²) in [5.41, 5.74) is 4.11. The van der Waals surface area contributed by atoms with Crippen molar-refractivity contribution in [1.82, 2.24) is 9.88 Å². The highest BCUT2D eigenvalue weighted by molar-refractivity contribution is 7.99. The van der Waals surface area contributed by atoms with E-state index >= 15 is 0 Å². The number of nitrogens with one attached hydrogen (secondary N) is 1. The molecule has 0 saturated carbocycles. The van der Waals surface area contributed by atoms with E-state index in [9.17, 15) is 4.79 Å². The lowest BCUT2D eigenvalue weighted by atomic mass is 10.1. The Morgan fingerprint density at radius 1 is 1.60 bits per heavy atom. The average Bonchev–Trinajstić information content (AvgIpc) is 2.99. The van der Waals surface area contributed by atoms with Crippen molar-refractivity contribution in [2.45, 2.75) is 32.2 Å². The Hall–Kier alpha value is -1.27. The summed E-state index contributed by atoms with van der Waals surface area (Å²) < 4.78 is 0. The zero-order valence-corrected chi connectivity index (χ0v) is 12.9. The molecule has 5 nitrogen and oxygen atoms in total. The number of nitrogen functional groups attached to an aromatic ring is 1. The van der Waals surface area contributed by atoms with Gasteiger partial charge in [0.2, 0.25) is 0 Å². The number of anilines is 1. The molecule has 6 heteroatoms. The molecule has 0 radical (unpaired) electrons. The number of hydrogen-bond donors (Lipinski definition) is 2. The Morgan fingerprint density at radius 3 is 3.00 bits per heavy atom. The van der Waals surface area contributed by atoms with Crippen LogP contribution in [-0.2, 0) is 6.42 Å². The van der Waals surface area contributed by atoms with Crippen molar-refractivity contribution in [1.29, 1.82) is 0 Å². The first-order valence-corrected chi connectivity index (χ1v) is 8.13. The predicted molar refractivity (Wildman–Crippen MR) is 83.9 cm³/mol. The van der Waals surface area contributed by atoms with Gasteiger partial charge in [0, 0.05) is 30.1 Å². The van der Waals surface area contributed by atoms with Crippen LogP contribution >= 0.6 is 11.8 Å². The molecule has 0 bridgehead atoms. The molecule has 1 atom stereocenters. The van der Waals surface area contributed by atoms with Crippen LogP contribution in [0.4, 0.5) is 5.82 Å². The summed E-state index contributed by atoms with van der Waals surface area (Å²) >= 11 is 1.90.